The van der Waals surface area contributed by atoms with Gasteiger partial charge in [-0.05, 0) is 17.5 Å². The van der Waals surface area contributed by atoms with Crippen molar-refractivity contribution in [2.75, 3.05) is 53.0 Å². The van der Waals surface area contributed by atoms with Crippen LogP contribution < -0.4 is 4.74 Å². The summed E-state index contributed by atoms with van der Waals surface area (Å²) in [4.78, 5) is 31.1. The van der Waals surface area contributed by atoms with E-state index in [-0.39, 0.29) is 23.8 Å². The molecular weight excluding hydrogens is 499 g/mol. The Labute approximate surface area is 230 Å². The molecule has 210 valence electrons. The highest BCUT2D eigenvalue weighted by atomic mass is 19.1. The molecule has 8 nitrogen and oxygen atoms in total. The Bertz CT molecular complexity index is 1190. The fourth-order valence-corrected chi connectivity index (χ4v) is 4.96. The third-order valence-electron chi connectivity index (χ3n) is 7.00. The van der Waals surface area contributed by atoms with Gasteiger partial charge in [-0.1, -0.05) is 57.2 Å². The maximum absolute atomic E-state index is 14.7. The Morgan fingerprint density at radius 3 is 2.49 bits per heavy atom. The number of carbonyl (C=O) groups excluding carboxylic acids is 2. The van der Waals surface area contributed by atoms with Crippen LogP contribution in [0, 0.1) is 11.2 Å². The highest BCUT2D eigenvalue weighted by molar-refractivity contribution is 6.03. The van der Waals surface area contributed by atoms with Crippen LogP contribution >= 0.6 is 0 Å². The minimum atomic E-state index is -0.484. The zero-order valence-electron chi connectivity index (χ0n) is 23.4. The molecule has 2 aliphatic heterocycles. The largest absolute Gasteiger partial charge is 0.496 e. The average Bonchev–Trinajstić information content (AvgIpc) is 3.36. The number of nitrogens with zero attached hydrogens (tertiary/aromatic N) is 4. The normalized spacial score (nSPS) is 18.1. The molecule has 2 amide bonds. The number of carbonyl (C=O) groups is 2. The first-order valence-electron chi connectivity index (χ1n) is 13.5. The van der Waals surface area contributed by atoms with E-state index in [2.05, 4.69) is 10.0 Å². The summed E-state index contributed by atoms with van der Waals surface area (Å²) in [5.74, 6) is -0.160. The van der Waals surface area contributed by atoms with E-state index in [0.29, 0.717) is 56.2 Å². The number of methoxy groups -OCH3 is 1. The van der Waals surface area contributed by atoms with E-state index in [1.54, 1.807) is 30.2 Å². The third-order valence-corrected chi connectivity index (χ3v) is 7.00. The second-order valence-electron chi connectivity index (χ2n) is 11.2. The summed E-state index contributed by atoms with van der Waals surface area (Å²) in [5, 5.41) is 6.04. The number of halogens is 1. The van der Waals surface area contributed by atoms with E-state index in [4.69, 9.17) is 9.47 Å². The monoisotopic (exact) mass is 538 g/mol. The molecule has 2 heterocycles. The van der Waals surface area contributed by atoms with Crippen molar-refractivity contribution in [2.45, 2.75) is 39.7 Å². The van der Waals surface area contributed by atoms with Gasteiger partial charge in [0.2, 0.25) is 5.91 Å². The van der Waals surface area contributed by atoms with E-state index < -0.39 is 11.9 Å². The Morgan fingerprint density at radius 1 is 1.10 bits per heavy atom. The Balaban J connectivity index is 1.61. The van der Waals surface area contributed by atoms with Crippen molar-refractivity contribution in [2.24, 2.45) is 10.5 Å². The fraction of sp³-hybridized carbons (Fsp3) is 0.500. The number of ether oxygens (including phenoxy) is 2. The van der Waals surface area contributed by atoms with Gasteiger partial charge < -0.3 is 14.4 Å². The number of benzene rings is 2. The molecule has 9 heteroatoms. The highest BCUT2D eigenvalue weighted by Crippen LogP contribution is 2.37. The first kappa shape index (κ1) is 28.7. The lowest BCUT2D eigenvalue weighted by atomic mass is 9.91. The average molecular weight is 539 g/mol. The summed E-state index contributed by atoms with van der Waals surface area (Å²) in [6, 6.07) is 13.4. The Morgan fingerprint density at radius 2 is 1.79 bits per heavy atom. The topological polar surface area (TPSA) is 74.7 Å². The van der Waals surface area contributed by atoms with Gasteiger partial charge in [0.1, 0.15) is 18.1 Å². The highest BCUT2D eigenvalue weighted by Gasteiger charge is 2.36. The minimum Gasteiger partial charge on any atom is -0.496 e. The molecule has 1 saturated heterocycles. The van der Waals surface area contributed by atoms with Crippen molar-refractivity contribution < 1.29 is 23.5 Å². The first-order valence-corrected chi connectivity index (χ1v) is 13.5. The molecule has 0 aliphatic carbocycles. The molecule has 0 N–H and O–H groups in total. The first-order chi connectivity index (χ1) is 18.7. The third kappa shape index (κ3) is 7.42. The van der Waals surface area contributed by atoms with Gasteiger partial charge in [0.25, 0.3) is 5.91 Å². The van der Waals surface area contributed by atoms with Crippen molar-refractivity contribution in [3.8, 4) is 5.75 Å². The van der Waals surface area contributed by atoms with Crippen LogP contribution in [0.15, 0.2) is 53.6 Å². The van der Waals surface area contributed by atoms with E-state index >= 15 is 0 Å². The molecule has 0 aromatic heterocycles. The van der Waals surface area contributed by atoms with Crippen LogP contribution in [0.25, 0.3) is 0 Å². The zero-order chi connectivity index (χ0) is 28.0. The number of hydrazone groups is 1. The van der Waals surface area contributed by atoms with Crippen LogP contribution in [0.4, 0.5) is 4.39 Å². The van der Waals surface area contributed by atoms with Crippen LogP contribution in [0.1, 0.15) is 50.8 Å². The van der Waals surface area contributed by atoms with Gasteiger partial charge in [-0.2, -0.15) is 5.10 Å². The quantitative estimate of drug-likeness (QED) is 0.481. The Kier molecular flexibility index (Phi) is 9.35. The van der Waals surface area contributed by atoms with Gasteiger partial charge in [0.15, 0.2) is 0 Å². The molecule has 0 saturated carbocycles. The van der Waals surface area contributed by atoms with Crippen molar-refractivity contribution in [3.63, 3.8) is 0 Å². The van der Waals surface area contributed by atoms with Gasteiger partial charge in [-0.15, -0.1) is 0 Å². The standard InChI is InChI=1S/C30H39FN4O4/c1-30(2,3)20-28(36)34(14-13-33-15-17-39-18-16-33)21-29(37)35-26(23-10-6-8-12-27(23)38-4)19-25(32-35)22-9-5-7-11-24(22)31/h5-12,26H,13-21H2,1-4H3/t26-/m0/s1. The van der Waals surface area contributed by atoms with Gasteiger partial charge in [0, 0.05) is 50.1 Å². The van der Waals surface area contributed by atoms with Gasteiger partial charge in [-0.25, -0.2) is 9.40 Å². The number of hydrogen-bond donors (Lipinski definition) is 0. The number of rotatable bonds is 9. The molecule has 4 rings (SSSR count). The minimum absolute atomic E-state index is 0.0737. The molecule has 0 spiro atoms. The molecule has 2 aromatic carbocycles. The Hall–Kier alpha value is -3.30. The molecule has 0 unspecified atom stereocenters. The maximum atomic E-state index is 14.7. The molecule has 0 radical (unpaired) electrons. The van der Waals surface area contributed by atoms with Crippen LogP contribution in [0.2, 0.25) is 0 Å². The molecule has 2 aromatic rings. The summed E-state index contributed by atoms with van der Waals surface area (Å²) in [6.07, 6.45) is 0.653. The SMILES string of the molecule is COc1ccccc1[C@@H]1CC(c2ccccc2F)=NN1C(=O)CN(CCN1CCOCC1)C(=O)CC(C)(C)C. The van der Waals surface area contributed by atoms with E-state index in [9.17, 15) is 14.0 Å². The number of amides is 2. The number of para-hydroxylation sites is 1. The van der Waals surface area contributed by atoms with Crippen LogP contribution in [0.3, 0.4) is 0 Å². The lowest BCUT2D eigenvalue weighted by molar-refractivity contribution is -0.142. The lowest BCUT2D eigenvalue weighted by Gasteiger charge is -2.32. The van der Waals surface area contributed by atoms with Crippen LogP contribution in [0.5, 0.6) is 5.75 Å². The number of morpholine rings is 1. The second-order valence-corrected chi connectivity index (χ2v) is 11.2. The molecule has 39 heavy (non-hydrogen) atoms. The predicted molar refractivity (Wildman–Crippen MR) is 148 cm³/mol. The van der Waals surface area contributed by atoms with Gasteiger partial charge in [-0.3, -0.25) is 14.5 Å². The fourth-order valence-electron chi connectivity index (χ4n) is 4.96. The maximum Gasteiger partial charge on any atom is 0.262 e. The molecule has 2 aliphatic rings. The van der Waals surface area contributed by atoms with Crippen molar-refractivity contribution in [1.82, 2.24) is 14.8 Å². The van der Waals surface area contributed by atoms with Gasteiger partial charge in [0.05, 0.1) is 32.1 Å². The van der Waals surface area contributed by atoms with E-state index in [1.807, 2.05) is 45.0 Å². The summed E-state index contributed by atoms with van der Waals surface area (Å²) in [5.41, 5.74) is 1.41. The predicted octanol–water partition coefficient (Wildman–Crippen LogP) is 4.11. The summed E-state index contributed by atoms with van der Waals surface area (Å²) in [7, 11) is 1.58. The van der Waals surface area contributed by atoms with Gasteiger partial charge >= 0.3 is 0 Å². The van der Waals surface area contributed by atoms with Crippen molar-refractivity contribution >= 4 is 17.5 Å². The van der Waals surface area contributed by atoms with E-state index in [0.717, 1.165) is 18.7 Å². The smallest absolute Gasteiger partial charge is 0.262 e. The summed E-state index contributed by atoms with van der Waals surface area (Å²) in [6.45, 7) is 9.93. The van der Waals surface area contributed by atoms with Crippen LogP contribution in [-0.4, -0.2) is 85.4 Å². The summed E-state index contributed by atoms with van der Waals surface area (Å²) < 4.78 is 25.8. The van der Waals surface area contributed by atoms with Crippen molar-refractivity contribution in [1.29, 1.82) is 0 Å². The molecular formula is C30H39FN4O4. The molecule has 1 fully saturated rings. The zero-order valence-corrected chi connectivity index (χ0v) is 23.4. The number of hydrogen-bond acceptors (Lipinski definition) is 6. The second kappa shape index (κ2) is 12.7. The van der Waals surface area contributed by atoms with Crippen molar-refractivity contribution in [3.05, 3.63) is 65.5 Å². The van der Waals surface area contributed by atoms with E-state index in [1.165, 1.54) is 11.1 Å². The molecule has 1 atom stereocenters. The summed E-state index contributed by atoms with van der Waals surface area (Å²) >= 11 is 0. The lowest BCUT2D eigenvalue weighted by Crippen LogP contribution is -2.47. The molecule has 0 bridgehead atoms. The van der Waals surface area contributed by atoms with Crippen LogP contribution in [-0.2, 0) is 14.3 Å².